The van der Waals surface area contributed by atoms with E-state index in [0.717, 1.165) is 12.8 Å². The molecule has 1 fully saturated rings. The quantitative estimate of drug-likeness (QED) is 0.254. The molecule has 0 bridgehead atoms. The van der Waals surface area contributed by atoms with Crippen molar-refractivity contribution in [3.05, 3.63) is 36.4 Å². The molecule has 2 atom stereocenters. The van der Waals surface area contributed by atoms with Crippen LogP contribution in [0.1, 0.15) is 84.0 Å². The number of nitrogens with one attached hydrogen (secondary N) is 1. The van der Waals surface area contributed by atoms with Crippen LogP contribution in [0, 0.1) is 11.8 Å². The summed E-state index contributed by atoms with van der Waals surface area (Å²) in [6.07, 6.45) is 16.8. The van der Waals surface area contributed by atoms with Gasteiger partial charge in [-0.1, -0.05) is 70.4 Å². The third-order valence-electron chi connectivity index (χ3n) is 6.42. The van der Waals surface area contributed by atoms with Crippen molar-refractivity contribution >= 4 is 29.1 Å². The molecule has 3 amide bonds. The molecule has 1 N–H and O–H groups in total. The lowest BCUT2D eigenvalue weighted by Gasteiger charge is -2.15. The first kappa shape index (κ1) is 23.2. The average Bonchev–Trinajstić information content (AvgIpc) is 3.04. The van der Waals surface area contributed by atoms with Crippen molar-refractivity contribution in [2.75, 3.05) is 10.2 Å². The Hall–Kier alpha value is -2.43. The Bertz CT molecular complexity index is 758. The van der Waals surface area contributed by atoms with E-state index >= 15 is 0 Å². The Labute approximate surface area is 186 Å². The predicted octanol–water partition coefficient (Wildman–Crippen LogP) is 6.00. The molecular weight excluding hydrogens is 388 g/mol. The Morgan fingerprint density at radius 2 is 1.35 bits per heavy atom. The van der Waals surface area contributed by atoms with Gasteiger partial charge in [0, 0.05) is 12.1 Å². The Morgan fingerprint density at radius 3 is 1.90 bits per heavy atom. The lowest BCUT2D eigenvalue weighted by Crippen LogP contribution is -2.30. The molecule has 5 nitrogen and oxygen atoms in total. The summed E-state index contributed by atoms with van der Waals surface area (Å²) in [5.74, 6) is -0.662. The van der Waals surface area contributed by atoms with Crippen LogP contribution in [-0.2, 0) is 14.4 Å². The number of hydrogen-bond donors (Lipinski definition) is 1. The van der Waals surface area contributed by atoms with Gasteiger partial charge >= 0.3 is 0 Å². The minimum absolute atomic E-state index is 0.0149. The second-order valence-electron chi connectivity index (χ2n) is 8.84. The number of anilines is 2. The highest BCUT2D eigenvalue weighted by molar-refractivity contribution is 6.22. The molecule has 0 saturated carbocycles. The van der Waals surface area contributed by atoms with Crippen LogP contribution in [0.2, 0.25) is 0 Å². The molecule has 0 spiro atoms. The smallest absolute Gasteiger partial charge is 0.238 e. The summed E-state index contributed by atoms with van der Waals surface area (Å²) in [4.78, 5) is 38.9. The van der Waals surface area contributed by atoms with Crippen molar-refractivity contribution < 1.29 is 14.4 Å². The number of unbranched alkanes of at least 4 members (excludes halogenated alkanes) is 8. The molecular formula is C26H36N2O3. The van der Waals surface area contributed by atoms with E-state index in [4.69, 9.17) is 0 Å². The van der Waals surface area contributed by atoms with E-state index in [1.165, 1.54) is 49.8 Å². The maximum Gasteiger partial charge on any atom is 0.238 e. The second kappa shape index (κ2) is 11.8. The van der Waals surface area contributed by atoms with E-state index in [0.29, 0.717) is 30.6 Å². The van der Waals surface area contributed by atoms with Crippen molar-refractivity contribution in [2.45, 2.75) is 84.0 Å². The minimum Gasteiger partial charge on any atom is -0.326 e. The van der Waals surface area contributed by atoms with Gasteiger partial charge in [0.1, 0.15) is 0 Å². The van der Waals surface area contributed by atoms with Gasteiger partial charge in [-0.05, 0) is 43.5 Å². The van der Waals surface area contributed by atoms with Crippen LogP contribution in [0.4, 0.5) is 11.4 Å². The number of nitrogens with zero attached hydrogens (tertiary/aromatic N) is 1. The van der Waals surface area contributed by atoms with Gasteiger partial charge < -0.3 is 5.32 Å². The van der Waals surface area contributed by atoms with E-state index in [1.54, 1.807) is 24.3 Å². The first-order valence-electron chi connectivity index (χ1n) is 12.0. The van der Waals surface area contributed by atoms with E-state index in [2.05, 4.69) is 12.2 Å². The van der Waals surface area contributed by atoms with Crippen molar-refractivity contribution in [1.82, 2.24) is 0 Å². The molecule has 1 aliphatic carbocycles. The monoisotopic (exact) mass is 424 g/mol. The molecule has 1 saturated heterocycles. The van der Waals surface area contributed by atoms with Crippen LogP contribution in [0.25, 0.3) is 0 Å². The fraction of sp³-hybridized carbons (Fsp3) is 0.577. The summed E-state index contributed by atoms with van der Waals surface area (Å²) in [5, 5.41) is 2.92. The normalized spacial score (nSPS) is 20.2. The first-order valence-corrected chi connectivity index (χ1v) is 12.0. The predicted molar refractivity (Wildman–Crippen MR) is 125 cm³/mol. The van der Waals surface area contributed by atoms with Gasteiger partial charge in [0.25, 0.3) is 0 Å². The highest BCUT2D eigenvalue weighted by atomic mass is 16.2. The SMILES string of the molecule is CCCCCCCCCCCC(=O)Nc1ccc(N2C(=O)[C@@H]3CC=CC[C@H]3C2=O)cc1. The number of hydrogen-bond acceptors (Lipinski definition) is 3. The summed E-state index contributed by atoms with van der Waals surface area (Å²) in [7, 11) is 0. The van der Waals surface area contributed by atoms with Crippen LogP contribution < -0.4 is 10.2 Å². The Balaban J connectivity index is 1.38. The molecule has 3 rings (SSSR count). The summed E-state index contributed by atoms with van der Waals surface area (Å²) in [6, 6.07) is 7.03. The van der Waals surface area contributed by atoms with Crippen LogP contribution in [0.5, 0.6) is 0 Å². The van der Waals surface area contributed by atoms with Crippen LogP contribution >= 0.6 is 0 Å². The van der Waals surface area contributed by atoms with Gasteiger partial charge in [-0.25, -0.2) is 0 Å². The van der Waals surface area contributed by atoms with Crippen LogP contribution in [0.3, 0.4) is 0 Å². The third kappa shape index (κ3) is 6.28. The molecule has 1 heterocycles. The zero-order valence-corrected chi connectivity index (χ0v) is 18.8. The molecule has 168 valence electrons. The van der Waals surface area contributed by atoms with E-state index in [9.17, 15) is 14.4 Å². The lowest BCUT2D eigenvalue weighted by atomic mass is 9.85. The van der Waals surface area contributed by atoms with Gasteiger partial charge in [-0.15, -0.1) is 0 Å². The topological polar surface area (TPSA) is 66.5 Å². The highest BCUT2D eigenvalue weighted by Crippen LogP contribution is 2.37. The van der Waals surface area contributed by atoms with E-state index in [-0.39, 0.29) is 29.6 Å². The molecule has 1 aromatic rings. The van der Waals surface area contributed by atoms with Crippen molar-refractivity contribution in [1.29, 1.82) is 0 Å². The molecule has 0 aromatic heterocycles. The van der Waals surface area contributed by atoms with Gasteiger partial charge in [0.2, 0.25) is 17.7 Å². The summed E-state index contributed by atoms with van der Waals surface area (Å²) >= 11 is 0. The number of carbonyl (C=O) groups excluding carboxylic acids is 3. The fourth-order valence-corrected chi connectivity index (χ4v) is 4.57. The molecule has 0 unspecified atom stereocenters. The maximum absolute atomic E-state index is 12.7. The van der Waals surface area contributed by atoms with Crippen molar-refractivity contribution in [3.8, 4) is 0 Å². The first-order chi connectivity index (χ1) is 15.1. The summed E-state index contributed by atoms with van der Waals surface area (Å²) < 4.78 is 0. The number of rotatable bonds is 12. The summed E-state index contributed by atoms with van der Waals surface area (Å²) in [5.41, 5.74) is 1.28. The van der Waals surface area contributed by atoms with Crippen molar-refractivity contribution in [2.24, 2.45) is 11.8 Å². The molecule has 31 heavy (non-hydrogen) atoms. The molecule has 1 aliphatic heterocycles. The van der Waals surface area contributed by atoms with Crippen LogP contribution in [-0.4, -0.2) is 17.7 Å². The van der Waals surface area contributed by atoms with Gasteiger partial charge in [0.15, 0.2) is 0 Å². The fourth-order valence-electron chi connectivity index (χ4n) is 4.57. The molecule has 0 radical (unpaired) electrons. The Morgan fingerprint density at radius 1 is 0.839 bits per heavy atom. The van der Waals surface area contributed by atoms with Crippen LogP contribution in [0.15, 0.2) is 36.4 Å². The standard InChI is InChI=1S/C26H36N2O3/c1-2-3-4-5-6-7-8-9-10-15-24(29)27-20-16-18-21(19-17-20)28-25(30)22-13-11-12-14-23(22)26(28)31/h11-12,16-19,22-23H,2-10,13-15H2,1H3,(H,27,29)/t22-,23-/m1/s1. The molecule has 2 aliphatic rings. The number of amides is 3. The van der Waals surface area contributed by atoms with Gasteiger partial charge in [-0.3, -0.25) is 19.3 Å². The largest absolute Gasteiger partial charge is 0.326 e. The molecule has 1 aromatic carbocycles. The van der Waals surface area contributed by atoms with E-state index in [1.807, 2.05) is 12.2 Å². The van der Waals surface area contributed by atoms with Gasteiger partial charge in [0.05, 0.1) is 17.5 Å². The third-order valence-corrected chi connectivity index (χ3v) is 6.42. The van der Waals surface area contributed by atoms with Gasteiger partial charge in [-0.2, -0.15) is 0 Å². The second-order valence-corrected chi connectivity index (χ2v) is 8.84. The number of allylic oxidation sites excluding steroid dienone is 2. The van der Waals surface area contributed by atoms with E-state index < -0.39 is 0 Å². The number of fused-ring (bicyclic) bond motifs is 1. The number of carbonyl (C=O) groups is 3. The minimum atomic E-state index is -0.229. The Kier molecular flexibility index (Phi) is 8.86. The summed E-state index contributed by atoms with van der Waals surface area (Å²) in [6.45, 7) is 2.23. The number of benzene rings is 1. The lowest BCUT2D eigenvalue weighted by molar-refractivity contribution is -0.122. The number of imide groups is 1. The van der Waals surface area contributed by atoms with Crippen molar-refractivity contribution in [3.63, 3.8) is 0 Å². The zero-order chi connectivity index (χ0) is 22.1. The average molecular weight is 425 g/mol. The zero-order valence-electron chi connectivity index (χ0n) is 18.8. The maximum atomic E-state index is 12.7. The molecule has 5 heteroatoms. The highest BCUT2D eigenvalue weighted by Gasteiger charge is 2.47.